The third-order valence-corrected chi connectivity index (χ3v) is 3.70. The largest absolute Gasteiger partial charge is 0.480 e. The fourth-order valence-electron chi connectivity index (χ4n) is 2.76. The minimum absolute atomic E-state index is 0.280. The Hall–Kier alpha value is -2.09. The number of piperidine rings is 1. The van der Waals surface area contributed by atoms with Gasteiger partial charge in [0.25, 0.3) is 0 Å². The quantitative estimate of drug-likeness (QED) is 0.879. The van der Waals surface area contributed by atoms with Crippen LogP contribution in [0.2, 0.25) is 0 Å². The van der Waals surface area contributed by atoms with E-state index in [4.69, 9.17) is 5.26 Å². The van der Waals surface area contributed by atoms with Gasteiger partial charge in [0.1, 0.15) is 17.8 Å². The summed E-state index contributed by atoms with van der Waals surface area (Å²) in [5, 5.41) is 18.2. The molecule has 19 heavy (non-hydrogen) atoms. The normalized spacial score (nSPS) is 21.7. The number of carbonyl (C=O) groups is 1. The van der Waals surface area contributed by atoms with Gasteiger partial charge in [0.05, 0.1) is 11.9 Å². The number of hydrogen-bond acceptors (Lipinski definition) is 4. The summed E-state index contributed by atoms with van der Waals surface area (Å²) in [4.78, 5) is 17.5. The lowest BCUT2D eigenvalue weighted by Gasteiger charge is -2.45. The molecule has 1 saturated heterocycles. The first kappa shape index (κ1) is 13.3. The summed E-state index contributed by atoms with van der Waals surface area (Å²) < 4.78 is 0. The first-order chi connectivity index (χ1) is 8.95. The number of nitrogens with zero attached hydrogens (tertiary/aromatic N) is 3. The first-order valence-electron chi connectivity index (χ1n) is 6.31. The third-order valence-electron chi connectivity index (χ3n) is 3.70. The van der Waals surface area contributed by atoms with E-state index in [1.54, 1.807) is 18.3 Å². The Kier molecular flexibility index (Phi) is 3.43. The maximum Gasteiger partial charge on any atom is 0.326 e. The molecule has 1 aromatic rings. The van der Waals surface area contributed by atoms with E-state index in [-0.39, 0.29) is 5.41 Å². The second-order valence-corrected chi connectivity index (χ2v) is 5.54. The zero-order valence-corrected chi connectivity index (χ0v) is 11.1. The Balaban J connectivity index is 2.35. The van der Waals surface area contributed by atoms with Gasteiger partial charge in [-0.1, -0.05) is 13.8 Å². The highest BCUT2D eigenvalue weighted by Crippen LogP contribution is 2.37. The molecule has 5 nitrogen and oxygen atoms in total. The standard InChI is InChI=1S/C14H17N3O2/c1-14(2)6-3-7-17(12(14)13(18)19)11-5-4-10(8-15)16-9-11/h4-5,9,12H,3,6-7H2,1-2H3,(H,18,19). The van der Waals surface area contributed by atoms with Crippen molar-refractivity contribution in [1.29, 1.82) is 5.26 Å². The number of rotatable bonds is 2. The smallest absolute Gasteiger partial charge is 0.326 e. The molecule has 1 N–H and O–H groups in total. The van der Waals surface area contributed by atoms with Crippen molar-refractivity contribution in [3.05, 3.63) is 24.0 Å². The fourth-order valence-corrected chi connectivity index (χ4v) is 2.76. The Bertz CT molecular complexity index is 516. The van der Waals surface area contributed by atoms with Crippen LogP contribution in [0.25, 0.3) is 0 Å². The Morgan fingerprint density at radius 1 is 1.58 bits per heavy atom. The van der Waals surface area contributed by atoms with Crippen LogP contribution in [0.4, 0.5) is 5.69 Å². The summed E-state index contributed by atoms with van der Waals surface area (Å²) in [5.74, 6) is -0.811. The lowest BCUT2D eigenvalue weighted by molar-refractivity contribution is -0.142. The highest BCUT2D eigenvalue weighted by molar-refractivity contribution is 5.79. The average molecular weight is 259 g/mol. The van der Waals surface area contributed by atoms with E-state index in [1.807, 2.05) is 24.8 Å². The number of nitriles is 1. The molecule has 1 fully saturated rings. The highest BCUT2D eigenvalue weighted by atomic mass is 16.4. The van der Waals surface area contributed by atoms with Gasteiger partial charge in [-0.3, -0.25) is 0 Å². The van der Waals surface area contributed by atoms with Crippen molar-refractivity contribution >= 4 is 11.7 Å². The van der Waals surface area contributed by atoms with Crippen LogP contribution in [-0.2, 0) is 4.79 Å². The molecule has 2 rings (SSSR count). The van der Waals surface area contributed by atoms with E-state index in [0.717, 1.165) is 18.5 Å². The number of carboxylic acids is 1. The summed E-state index contributed by atoms with van der Waals surface area (Å²) in [5.41, 5.74) is 0.823. The van der Waals surface area contributed by atoms with Gasteiger partial charge in [0, 0.05) is 6.54 Å². The molecule has 1 aliphatic heterocycles. The van der Waals surface area contributed by atoms with Gasteiger partial charge in [-0.05, 0) is 30.4 Å². The maximum atomic E-state index is 11.6. The van der Waals surface area contributed by atoms with E-state index in [1.165, 1.54) is 0 Å². The van der Waals surface area contributed by atoms with Crippen molar-refractivity contribution in [2.24, 2.45) is 5.41 Å². The molecule has 0 amide bonds. The molecule has 0 aliphatic carbocycles. The van der Waals surface area contributed by atoms with Gasteiger partial charge in [-0.2, -0.15) is 5.26 Å². The number of anilines is 1. The highest BCUT2D eigenvalue weighted by Gasteiger charge is 2.42. The molecule has 1 aromatic heterocycles. The summed E-state index contributed by atoms with van der Waals surface area (Å²) in [6, 6.07) is 4.79. The maximum absolute atomic E-state index is 11.6. The van der Waals surface area contributed by atoms with Gasteiger partial charge >= 0.3 is 5.97 Å². The summed E-state index contributed by atoms with van der Waals surface area (Å²) >= 11 is 0. The lowest BCUT2D eigenvalue weighted by Crippen LogP contribution is -2.54. The zero-order valence-electron chi connectivity index (χ0n) is 11.1. The third kappa shape index (κ3) is 2.53. The monoisotopic (exact) mass is 259 g/mol. The lowest BCUT2D eigenvalue weighted by atomic mass is 9.76. The van der Waals surface area contributed by atoms with Crippen LogP contribution in [0.15, 0.2) is 18.3 Å². The number of aliphatic carboxylic acids is 1. The van der Waals surface area contributed by atoms with Crippen molar-refractivity contribution < 1.29 is 9.90 Å². The second-order valence-electron chi connectivity index (χ2n) is 5.54. The van der Waals surface area contributed by atoms with Crippen LogP contribution in [0, 0.1) is 16.7 Å². The predicted molar refractivity (Wildman–Crippen MR) is 70.7 cm³/mol. The number of pyridine rings is 1. The van der Waals surface area contributed by atoms with Crippen LogP contribution in [0.5, 0.6) is 0 Å². The summed E-state index contributed by atoms with van der Waals surface area (Å²) in [7, 11) is 0. The Morgan fingerprint density at radius 2 is 2.32 bits per heavy atom. The van der Waals surface area contributed by atoms with Gasteiger partial charge in [-0.15, -0.1) is 0 Å². The molecule has 1 aliphatic rings. The topological polar surface area (TPSA) is 77.2 Å². The molecule has 1 atom stereocenters. The van der Waals surface area contributed by atoms with E-state index in [9.17, 15) is 9.90 Å². The SMILES string of the molecule is CC1(C)CCCN(c2ccc(C#N)nc2)C1C(=O)O. The van der Waals surface area contributed by atoms with Gasteiger partial charge < -0.3 is 10.0 Å². The Labute approximate surface area is 112 Å². The zero-order chi connectivity index (χ0) is 14.0. The van der Waals surface area contributed by atoms with Crippen LogP contribution >= 0.6 is 0 Å². The molecule has 0 bridgehead atoms. The molecule has 0 radical (unpaired) electrons. The van der Waals surface area contributed by atoms with E-state index in [0.29, 0.717) is 12.2 Å². The predicted octanol–water partition coefficient (Wildman–Crippen LogP) is 2.03. The molecular formula is C14H17N3O2. The number of hydrogen-bond donors (Lipinski definition) is 1. The van der Waals surface area contributed by atoms with E-state index < -0.39 is 12.0 Å². The van der Waals surface area contributed by atoms with Crippen LogP contribution in [0.3, 0.4) is 0 Å². The average Bonchev–Trinajstić information content (AvgIpc) is 2.37. The minimum Gasteiger partial charge on any atom is -0.480 e. The summed E-state index contributed by atoms with van der Waals surface area (Å²) in [6.07, 6.45) is 3.43. The minimum atomic E-state index is -0.811. The van der Waals surface area contributed by atoms with E-state index >= 15 is 0 Å². The fraction of sp³-hybridized carbons (Fsp3) is 0.500. The Morgan fingerprint density at radius 3 is 2.84 bits per heavy atom. The van der Waals surface area contributed by atoms with Crippen molar-refractivity contribution in [1.82, 2.24) is 4.98 Å². The summed E-state index contributed by atoms with van der Waals surface area (Å²) in [6.45, 7) is 4.66. The molecule has 2 heterocycles. The van der Waals surface area contributed by atoms with Gasteiger partial charge in [-0.25, -0.2) is 9.78 Å². The molecule has 0 spiro atoms. The number of carboxylic acid groups (broad SMARTS) is 1. The molecular weight excluding hydrogens is 242 g/mol. The second kappa shape index (κ2) is 4.88. The van der Waals surface area contributed by atoms with E-state index in [2.05, 4.69) is 4.98 Å². The van der Waals surface area contributed by atoms with Crippen LogP contribution < -0.4 is 4.90 Å². The van der Waals surface area contributed by atoms with Crippen LogP contribution in [0.1, 0.15) is 32.4 Å². The van der Waals surface area contributed by atoms with Crippen molar-refractivity contribution in [3.8, 4) is 6.07 Å². The first-order valence-corrected chi connectivity index (χ1v) is 6.31. The van der Waals surface area contributed by atoms with Crippen molar-refractivity contribution in [2.75, 3.05) is 11.4 Å². The molecule has 0 saturated carbocycles. The van der Waals surface area contributed by atoms with Gasteiger partial charge in [0.15, 0.2) is 0 Å². The number of aromatic nitrogens is 1. The van der Waals surface area contributed by atoms with Crippen molar-refractivity contribution in [2.45, 2.75) is 32.7 Å². The molecule has 1 unspecified atom stereocenters. The van der Waals surface area contributed by atoms with Crippen molar-refractivity contribution in [3.63, 3.8) is 0 Å². The van der Waals surface area contributed by atoms with Gasteiger partial charge in [0.2, 0.25) is 0 Å². The molecule has 0 aromatic carbocycles. The molecule has 100 valence electrons. The molecule has 5 heteroatoms. The van der Waals surface area contributed by atoms with Crippen LogP contribution in [-0.4, -0.2) is 28.6 Å².